The maximum Gasteiger partial charge on any atom is 0.251 e. The van der Waals surface area contributed by atoms with Crippen LogP contribution in [0.2, 0.25) is 5.02 Å². The van der Waals surface area contributed by atoms with E-state index in [0.29, 0.717) is 21.5 Å². The Hall–Kier alpha value is -1.79. The quantitative estimate of drug-likeness (QED) is 0.348. The summed E-state index contributed by atoms with van der Waals surface area (Å²) in [6.07, 6.45) is 1.46. The average molecular weight is 295 g/mol. The summed E-state index contributed by atoms with van der Waals surface area (Å²) >= 11 is 7.49. The van der Waals surface area contributed by atoms with Crippen molar-refractivity contribution >= 4 is 29.2 Å². The lowest BCUT2D eigenvalue weighted by molar-refractivity contribution is 0.936. The van der Waals surface area contributed by atoms with Gasteiger partial charge in [0.25, 0.3) is 5.56 Å². The summed E-state index contributed by atoms with van der Waals surface area (Å²) in [4.78, 5) is 17.8. The predicted molar refractivity (Wildman–Crippen MR) is 76.9 cm³/mol. The minimum absolute atomic E-state index is 0.0184. The molecule has 0 saturated heterocycles. The number of hydrogen-bond acceptors (Lipinski definition) is 4. The second-order valence-corrected chi connectivity index (χ2v) is 5.12. The Balaban J connectivity index is 2.12. The van der Waals surface area contributed by atoms with Crippen LogP contribution < -0.4 is 11.3 Å². The van der Waals surface area contributed by atoms with Crippen molar-refractivity contribution in [2.75, 3.05) is 0 Å². The summed E-state index contributed by atoms with van der Waals surface area (Å²) in [6.45, 7) is 0. The van der Waals surface area contributed by atoms with Crippen molar-refractivity contribution < 1.29 is 0 Å². The first-order chi connectivity index (χ1) is 9.06. The molecule has 0 aliphatic rings. The third-order valence-electron chi connectivity index (χ3n) is 2.38. The molecule has 4 N–H and O–H groups in total. The van der Waals surface area contributed by atoms with Gasteiger partial charge in [-0.2, -0.15) is 0 Å². The molecule has 5 nitrogen and oxygen atoms in total. The van der Waals surface area contributed by atoms with Gasteiger partial charge in [-0.3, -0.25) is 10.2 Å². The molecule has 0 amide bonds. The number of thioether (sulfide) groups is 1. The van der Waals surface area contributed by atoms with E-state index in [4.69, 9.17) is 22.7 Å². The van der Waals surface area contributed by atoms with Crippen LogP contribution in [0, 0.1) is 5.41 Å². The number of hydrogen-bond donors (Lipinski definition) is 3. The van der Waals surface area contributed by atoms with Crippen LogP contribution >= 0.6 is 23.4 Å². The normalized spacial score (nSPS) is 10.4. The summed E-state index contributed by atoms with van der Waals surface area (Å²) in [6, 6.07) is 6.57. The zero-order valence-corrected chi connectivity index (χ0v) is 11.4. The molecule has 2 rings (SSSR count). The topological polar surface area (TPSA) is 95.6 Å². The number of H-pyrrole nitrogens is 1. The number of aromatic nitrogens is 2. The van der Waals surface area contributed by atoms with Crippen molar-refractivity contribution in [2.45, 2.75) is 10.9 Å². The number of benzene rings is 1. The van der Waals surface area contributed by atoms with E-state index < -0.39 is 0 Å². The molecule has 0 spiro atoms. The highest BCUT2D eigenvalue weighted by Gasteiger charge is 2.05. The highest BCUT2D eigenvalue weighted by atomic mass is 35.5. The zero-order valence-electron chi connectivity index (χ0n) is 9.81. The lowest BCUT2D eigenvalue weighted by Crippen LogP contribution is -2.10. The predicted octanol–water partition coefficient (Wildman–Crippen LogP) is 2.00. The molecular weight excluding hydrogens is 284 g/mol. The zero-order chi connectivity index (χ0) is 13.8. The van der Waals surface area contributed by atoms with Gasteiger partial charge in [0.2, 0.25) is 0 Å². The summed E-state index contributed by atoms with van der Waals surface area (Å²) in [5.74, 6) is 0.555. The number of nitrogens with one attached hydrogen (secondary N) is 2. The largest absolute Gasteiger partial charge is 0.384 e. The lowest BCUT2D eigenvalue weighted by atomic mass is 10.1. The molecule has 0 atom stereocenters. The molecular formula is C12H11ClN4OS. The second-order valence-electron chi connectivity index (χ2n) is 3.75. The third-order valence-corrected chi connectivity index (χ3v) is 3.66. The number of halogens is 1. The first kappa shape index (κ1) is 13.6. The summed E-state index contributed by atoms with van der Waals surface area (Å²) in [5, 5.41) is 8.41. The fraction of sp³-hybridized carbons (Fsp3) is 0.0833. The van der Waals surface area contributed by atoms with Gasteiger partial charge in [-0.1, -0.05) is 35.5 Å². The van der Waals surface area contributed by atoms with Gasteiger partial charge in [0.15, 0.2) is 5.16 Å². The molecule has 0 aliphatic heterocycles. The van der Waals surface area contributed by atoms with E-state index in [0.717, 1.165) is 5.56 Å². The monoisotopic (exact) mass is 294 g/mol. The molecule has 0 fully saturated rings. The Kier molecular flexibility index (Phi) is 4.24. The molecule has 0 aliphatic carbocycles. The van der Waals surface area contributed by atoms with Gasteiger partial charge in [0.05, 0.1) is 0 Å². The van der Waals surface area contributed by atoms with E-state index >= 15 is 0 Å². The molecule has 0 radical (unpaired) electrons. The van der Waals surface area contributed by atoms with E-state index in [1.54, 1.807) is 12.1 Å². The number of aromatic amines is 1. The van der Waals surface area contributed by atoms with Gasteiger partial charge in [-0.05, 0) is 11.6 Å². The van der Waals surface area contributed by atoms with E-state index in [-0.39, 0.29) is 11.4 Å². The van der Waals surface area contributed by atoms with Crippen LogP contribution in [0.5, 0.6) is 0 Å². The van der Waals surface area contributed by atoms with Crippen molar-refractivity contribution in [1.82, 2.24) is 9.97 Å². The van der Waals surface area contributed by atoms with Crippen LogP contribution in [-0.4, -0.2) is 15.8 Å². The van der Waals surface area contributed by atoms with Gasteiger partial charge in [0, 0.05) is 28.6 Å². The summed E-state index contributed by atoms with van der Waals surface area (Å²) < 4.78 is 0. The summed E-state index contributed by atoms with van der Waals surface area (Å²) in [5.41, 5.74) is 6.68. The Morgan fingerprint density at radius 2 is 2.26 bits per heavy atom. The third kappa shape index (κ3) is 3.59. The van der Waals surface area contributed by atoms with Gasteiger partial charge in [-0.15, -0.1) is 0 Å². The average Bonchev–Trinajstić information content (AvgIpc) is 2.37. The van der Waals surface area contributed by atoms with Gasteiger partial charge in [-0.25, -0.2) is 4.98 Å². The highest BCUT2D eigenvalue weighted by molar-refractivity contribution is 7.98. The molecule has 0 bridgehead atoms. The standard InChI is InChI=1S/C12H11ClN4OS/c13-9-5-7(11(14)15)1-2-8(9)6-19-12-16-4-3-10(18)17-12/h1-5H,6H2,(H3,14,15)(H,16,17,18). The van der Waals surface area contributed by atoms with Crippen LogP contribution in [0.15, 0.2) is 40.4 Å². The molecule has 2 aromatic rings. The Morgan fingerprint density at radius 3 is 2.89 bits per heavy atom. The maximum absolute atomic E-state index is 11.1. The van der Waals surface area contributed by atoms with E-state index in [2.05, 4.69) is 9.97 Å². The van der Waals surface area contributed by atoms with Crippen molar-refractivity contribution in [3.8, 4) is 0 Å². The minimum Gasteiger partial charge on any atom is -0.384 e. The lowest BCUT2D eigenvalue weighted by Gasteiger charge is -2.06. The molecule has 0 saturated carbocycles. The smallest absolute Gasteiger partial charge is 0.251 e. The van der Waals surface area contributed by atoms with Crippen LogP contribution in [0.25, 0.3) is 0 Å². The first-order valence-corrected chi connectivity index (χ1v) is 6.73. The summed E-state index contributed by atoms with van der Waals surface area (Å²) in [7, 11) is 0. The van der Waals surface area contributed by atoms with Crippen molar-refractivity contribution in [3.63, 3.8) is 0 Å². The highest BCUT2D eigenvalue weighted by Crippen LogP contribution is 2.24. The molecule has 0 unspecified atom stereocenters. The van der Waals surface area contributed by atoms with Gasteiger partial charge in [0.1, 0.15) is 5.84 Å². The maximum atomic E-state index is 11.1. The van der Waals surface area contributed by atoms with Gasteiger partial charge >= 0.3 is 0 Å². The van der Waals surface area contributed by atoms with Crippen LogP contribution in [0.4, 0.5) is 0 Å². The van der Waals surface area contributed by atoms with Crippen LogP contribution in [-0.2, 0) is 5.75 Å². The van der Waals surface area contributed by atoms with E-state index in [9.17, 15) is 4.79 Å². The number of rotatable bonds is 4. The van der Waals surface area contributed by atoms with Crippen LogP contribution in [0.3, 0.4) is 0 Å². The van der Waals surface area contributed by atoms with Crippen molar-refractivity contribution in [3.05, 3.63) is 57.0 Å². The molecule has 7 heteroatoms. The first-order valence-electron chi connectivity index (χ1n) is 5.37. The Bertz CT molecular complexity index is 671. The molecule has 98 valence electrons. The van der Waals surface area contributed by atoms with Crippen LogP contribution in [0.1, 0.15) is 11.1 Å². The number of amidine groups is 1. The fourth-order valence-corrected chi connectivity index (χ4v) is 2.58. The Morgan fingerprint density at radius 1 is 1.47 bits per heavy atom. The number of nitrogen functional groups attached to an aromatic ring is 1. The minimum atomic E-state index is -0.185. The SMILES string of the molecule is N=C(N)c1ccc(CSc2nccc(=O)[nH]2)c(Cl)c1. The van der Waals surface area contributed by atoms with Gasteiger partial charge < -0.3 is 10.7 Å². The van der Waals surface area contributed by atoms with Crippen molar-refractivity contribution in [1.29, 1.82) is 5.41 Å². The van der Waals surface area contributed by atoms with E-state index in [1.807, 2.05) is 6.07 Å². The molecule has 1 heterocycles. The number of nitrogens with zero attached hydrogens (tertiary/aromatic N) is 1. The van der Waals surface area contributed by atoms with Crippen molar-refractivity contribution in [2.24, 2.45) is 5.73 Å². The van der Waals surface area contributed by atoms with E-state index in [1.165, 1.54) is 24.0 Å². The fourth-order valence-electron chi connectivity index (χ4n) is 1.40. The second kappa shape index (κ2) is 5.90. The molecule has 1 aromatic heterocycles. The Labute approximate surface area is 118 Å². The molecule has 19 heavy (non-hydrogen) atoms. The molecule has 1 aromatic carbocycles. The number of nitrogens with two attached hydrogens (primary N) is 1.